The number of halogens is 2. The van der Waals surface area contributed by atoms with Crippen LogP contribution in [0.4, 0.5) is 8.78 Å². The standard InChI is InChI=1S/C9H13F2N3/c1-14-6-12-13-8(14)7-4-2-3-5-9(7,10)11/h6-7H,2-5H2,1H3. The lowest BCUT2D eigenvalue weighted by Crippen LogP contribution is -2.31. The molecule has 0 amide bonds. The van der Waals surface area contributed by atoms with Gasteiger partial charge in [-0.15, -0.1) is 10.2 Å². The fourth-order valence-corrected chi connectivity index (χ4v) is 2.02. The van der Waals surface area contributed by atoms with Gasteiger partial charge < -0.3 is 4.57 Å². The van der Waals surface area contributed by atoms with Crippen LogP contribution in [0.3, 0.4) is 0 Å². The number of hydrogen-bond donors (Lipinski definition) is 0. The number of hydrogen-bond acceptors (Lipinski definition) is 2. The average molecular weight is 201 g/mol. The maximum atomic E-state index is 13.5. The fourth-order valence-electron chi connectivity index (χ4n) is 2.02. The largest absolute Gasteiger partial charge is 0.320 e. The Balaban J connectivity index is 2.28. The summed E-state index contributed by atoms with van der Waals surface area (Å²) < 4.78 is 28.6. The normalized spacial score (nSPS) is 26.4. The van der Waals surface area contributed by atoms with Gasteiger partial charge in [0.15, 0.2) is 0 Å². The van der Waals surface area contributed by atoms with E-state index < -0.39 is 11.8 Å². The molecular formula is C9H13F2N3. The van der Waals surface area contributed by atoms with Crippen molar-refractivity contribution in [1.29, 1.82) is 0 Å². The lowest BCUT2D eigenvalue weighted by molar-refractivity contribution is -0.0579. The third kappa shape index (κ3) is 1.51. The highest BCUT2D eigenvalue weighted by atomic mass is 19.3. The van der Waals surface area contributed by atoms with Crippen LogP contribution in [0.1, 0.15) is 37.4 Å². The number of alkyl halides is 2. The maximum Gasteiger partial charge on any atom is 0.257 e. The van der Waals surface area contributed by atoms with Crippen molar-refractivity contribution in [3.63, 3.8) is 0 Å². The highest BCUT2D eigenvalue weighted by Gasteiger charge is 2.44. The molecule has 1 fully saturated rings. The summed E-state index contributed by atoms with van der Waals surface area (Å²) in [6.07, 6.45) is 3.43. The van der Waals surface area contributed by atoms with Gasteiger partial charge in [-0.3, -0.25) is 0 Å². The number of rotatable bonds is 1. The van der Waals surface area contributed by atoms with Crippen molar-refractivity contribution in [3.8, 4) is 0 Å². The third-order valence-corrected chi connectivity index (χ3v) is 2.82. The van der Waals surface area contributed by atoms with Crippen LogP contribution in [-0.2, 0) is 7.05 Å². The Morgan fingerprint density at radius 1 is 1.50 bits per heavy atom. The Labute approximate surface area is 81.1 Å². The predicted molar refractivity (Wildman–Crippen MR) is 47.2 cm³/mol. The van der Waals surface area contributed by atoms with E-state index in [4.69, 9.17) is 0 Å². The Bertz CT molecular complexity index is 322. The summed E-state index contributed by atoms with van der Waals surface area (Å²) in [5.41, 5.74) is 0. The van der Waals surface area contributed by atoms with Crippen LogP contribution in [0.2, 0.25) is 0 Å². The molecule has 78 valence electrons. The van der Waals surface area contributed by atoms with Gasteiger partial charge in [0, 0.05) is 13.5 Å². The molecule has 0 radical (unpaired) electrons. The number of aryl methyl sites for hydroxylation is 1. The second kappa shape index (κ2) is 3.29. The van der Waals surface area contributed by atoms with E-state index in [0.29, 0.717) is 18.7 Å². The van der Waals surface area contributed by atoms with Gasteiger partial charge in [0.1, 0.15) is 12.2 Å². The fraction of sp³-hybridized carbons (Fsp3) is 0.778. The molecular weight excluding hydrogens is 188 g/mol. The summed E-state index contributed by atoms with van der Waals surface area (Å²) in [6, 6.07) is 0. The SMILES string of the molecule is Cn1cnnc1C1CCCCC1(F)F. The molecule has 0 saturated heterocycles. The summed E-state index contributed by atoms with van der Waals surface area (Å²) in [7, 11) is 1.71. The van der Waals surface area contributed by atoms with Crippen molar-refractivity contribution in [3.05, 3.63) is 12.2 Å². The molecule has 1 aromatic rings. The molecule has 0 N–H and O–H groups in total. The van der Waals surface area contributed by atoms with Crippen LogP contribution >= 0.6 is 0 Å². The number of aromatic nitrogens is 3. The van der Waals surface area contributed by atoms with Crippen molar-refractivity contribution >= 4 is 0 Å². The second-order valence-corrected chi connectivity index (χ2v) is 3.86. The summed E-state index contributed by atoms with van der Waals surface area (Å²) in [5, 5.41) is 7.41. The van der Waals surface area contributed by atoms with E-state index in [1.165, 1.54) is 6.33 Å². The summed E-state index contributed by atoms with van der Waals surface area (Å²) >= 11 is 0. The van der Waals surface area contributed by atoms with Gasteiger partial charge in [-0.25, -0.2) is 8.78 Å². The predicted octanol–water partition coefficient (Wildman–Crippen LogP) is 2.11. The van der Waals surface area contributed by atoms with E-state index in [0.717, 1.165) is 6.42 Å². The monoisotopic (exact) mass is 201 g/mol. The highest BCUT2D eigenvalue weighted by Crippen LogP contribution is 2.43. The summed E-state index contributed by atoms with van der Waals surface area (Å²) in [4.78, 5) is 0. The number of nitrogens with zero attached hydrogens (tertiary/aromatic N) is 3. The lowest BCUT2D eigenvalue weighted by Gasteiger charge is -2.30. The van der Waals surface area contributed by atoms with Crippen molar-refractivity contribution in [2.75, 3.05) is 0 Å². The van der Waals surface area contributed by atoms with E-state index in [-0.39, 0.29) is 6.42 Å². The first kappa shape index (κ1) is 9.55. The van der Waals surface area contributed by atoms with Gasteiger partial charge in [0.2, 0.25) is 0 Å². The van der Waals surface area contributed by atoms with Crippen LogP contribution < -0.4 is 0 Å². The maximum absolute atomic E-state index is 13.5. The van der Waals surface area contributed by atoms with E-state index in [2.05, 4.69) is 10.2 Å². The molecule has 1 aliphatic carbocycles. The molecule has 1 heterocycles. The van der Waals surface area contributed by atoms with Gasteiger partial charge in [0.05, 0.1) is 5.92 Å². The van der Waals surface area contributed by atoms with Crippen molar-refractivity contribution in [2.45, 2.75) is 37.5 Å². The molecule has 1 unspecified atom stereocenters. The highest BCUT2D eigenvalue weighted by molar-refractivity contribution is 5.04. The molecule has 14 heavy (non-hydrogen) atoms. The van der Waals surface area contributed by atoms with Gasteiger partial charge in [-0.1, -0.05) is 6.42 Å². The van der Waals surface area contributed by atoms with Crippen LogP contribution in [0.25, 0.3) is 0 Å². The van der Waals surface area contributed by atoms with Crippen LogP contribution in [0, 0.1) is 0 Å². The zero-order valence-electron chi connectivity index (χ0n) is 8.08. The van der Waals surface area contributed by atoms with Gasteiger partial charge in [0.25, 0.3) is 5.92 Å². The van der Waals surface area contributed by atoms with E-state index in [9.17, 15) is 8.78 Å². The summed E-state index contributed by atoms with van der Waals surface area (Å²) in [5.74, 6) is -2.95. The van der Waals surface area contributed by atoms with Crippen LogP contribution in [-0.4, -0.2) is 20.7 Å². The smallest absolute Gasteiger partial charge is 0.257 e. The Morgan fingerprint density at radius 3 is 2.86 bits per heavy atom. The van der Waals surface area contributed by atoms with Gasteiger partial charge in [-0.2, -0.15) is 0 Å². The van der Waals surface area contributed by atoms with Gasteiger partial charge in [-0.05, 0) is 12.8 Å². The van der Waals surface area contributed by atoms with E-state index in [1.54, 1.807) is 11.6 Å². The Kier molecular flexibility index (Phi) is 2.25. The molecule has 1 aliphatic rings. The quantitative estimate of drug-likeness (QED) is 0.696. The molecule has 1 aromatic heterocycles. The van der Waals surface area contributed by atoms with E-state index >= 15 is 0 Å². The van der Waals surface area contributed by atoms with Crippen molar-refractivity contribution in [1.82, 2.24) is 14.8 Å². The summed E-state index contributed by atoms with van der Waals surface area (Å²) in [6.45, 7) is 0. The van der Waals surface area contributed by atoms with Gasteiger partial charge >= 0.3 is 0 Å². The first-order valence-corrected chi connectivity index (χ1v) is 4.83. The minimum Gasteiger partial charge on any atom is -0.320 e. The molecule has 0 aliphatic heterocycles. The minimum absolute atomic E-state index is 0.0233. The third-order valence-electron chi connectivity index (χ3n) is 2.82. The lowest BCUT2D eigenvalue weighted by atomic mass is 9.85. The topological polar surface area (TPSA) is 30.7 Å². The molecule has 1 saturated carbocycles. The molecule has 5 heteroatoms. The van der Waals surface area contributed by atoms with Crippen LogP contribution in [0.15, 0.2) is 6.33 Å². The second-order valence-electron chi connectivity index (χ2n) is 3.86. The molecule has 1 atom stereocenters. The van der Waals surface area contributed by atoms with Crippen LogP contribution in [0.5, 0.6) is 0 Å². The molecule has 0 bridgehead atoms. The zero-order valence-corrected chi connectivity index (χ0v) is 8.08. The van der Waals surface area contributed by atoms with Crippen molar-refractivity contribution in [2.24, 2.45) is 7.05 Å². The zero-order chi connectivity index (χ0) is 10.2. The first-order valence-electron chi connectivity index (χ1n) is 4.83. The Morgan fingerprint density at radius 2 is 2.29 bits per heavy atom. The first-order chi connectivity index (χ1) is 6.61. The molecule has 0 aromatic carbocycles. The molecule has 2 rings (SSSR count). The van der Waals surface area contributed by atoms with Crippen molar-refractivity contribution < 1.29 is 8.78 Å². The molecule has 0 spiro atoms. The minimum atomic E-state index is -2.61. The van der Waals surface area contributed by atoms with E-state index in [1.807, 2.05) is 0 Å². The Hall–Kier alpha value is -1.00. The average Bonchev–Trinajstić information content (AvgIpc) is 2.51. The molecule has 3 nitrogen and oxygen atoms in total.